The first-order valence-electron chi connectivity index (χ1n) is 5.96. The maximum atomic E-state index is 5.57. The molecule has 1 aromatic carbocycles. The van der Waals surface area contributed by atoms with E-state index < -0.39 is 0 Å². The third-order valence-electron chi connectivity index (χ3n) is 3.10. The molecule has 4 heteroatoms. The van der Waals surface area contributed by atoms with Crippen LogP contribution in [0.1, 0.15) is 20.3 Å². The number of guanidine groups is 1. The summed E-state index contributed by atoms with van der Waals surface area (Å²) >= 11 is 0. The number of hydrazine groups is 1. The number of aliphatic imine (C=N–C) groups is 1. The van der Waals surface area contributed by atoms with E-state index in [0.29, 0.717) is 5.41 Å². The molecule has 2 rings (SSSR count). The Morgan fingerprint density at radius 3 is 2.59 bits per heavy atom. The fraction of sp³-hybridized carbons (Fsp3) is 0.462. The second-order valence-corrected chi connectivity index (χ2v) is 5.25. The average Bonchev–Trinajstić information content (AvgIpc) is 2.68. The Bertz CT molecular complexity index is 397. The Hall–Kier alpha value is -1.55. The molecule has 0 atom stereocenters. The minimum Gasteiger partial charge on any atom is -0.341 e. The summed E-state index contributed by atoms with van der Waals surface area (Å²) in [6.07, 6.45) is 1.17. The Morgan fingerprint density at radius 2 is 2.06 bits per heavy atom. The first-order chi connectivity index (χ1) is 8.11. The smallest absolute Gasteiger partial charge is 0.213 e. The van der Waals surface area contributed by atoms with Gasteiger partial charge >= 0.3 is 0 Å². The molecule has 1 aliphatic rings. The number of benzene rings is 1. The summed E-state index contributed by atoms with van der Waals surface area (Å²) in [5, 5.41) is 0. The molecular weight excluding hydrogens is 212 g/mol. The molecule has 0 unspecified atom stereocenters. The molecule has 0 spiro atoms. The van der Waals surface area contributed by atoms with Gasteiger partial charge in [-0.15, -0.1) is 0 Å². The van der Waals surface area contributed by atoms with Gasteiger partial charge in [-0.1, -0.05) is 32.0 Å². The summed E-state index contributed by atoms with van der Waals surface area (Å²) in [5.74, 6) is 6.32. The van der Waals surface area contributed by atoms with Crippen LogP contribution in [-0.2, 0) is 0 Å². The van der Waals surface area contributed by atoms with E-state index in [2.05, 4.69) is 29.2 Å². The fourth-order valence-corrected chi connectivity index (χ4v) is 2.11. The number of hydrogen-bond acceptors (Lipinski definition) is 2. The maximum absolute atomic E-state index is 5.57. The third kappa shape index (κ3) is 2.97. The average molecular weight is 232 g/mol. The van der Waals surface area contributed by atoms with E-state index in [0.717, 1.165) is 24.7 Å². The summed E-state index contributed by atoms with van der Waals surface area (Å²) in [4.78, 5) is 6.73. The fourth-order valence-electron chi connectivity index (χ4n) is 2.11. The highest BCUT2D eigenvalue weighted by Crippen LogP contribution is 2.29. The quantitative estimate of drug-likeness (QED) is 0.336. The highest BCUT2D eigenvalue weighted by molar-refractivity contribution is 5.82. The van der Waals surface area contributed by atoms with E-state index in [1.807, 2.05) is 30.3 Å². The lowest BCUT2D eigenvalue weighted by Gasteiger charge is -2.22. The Balaban J connectivity index is 2.15. The van der Waals surface area contributed by atoms with Gasteiger partial charge in [0.2, 0.25) is 5.96 Å². The van der Waals surface area contributed by atoms with Crippen LogP contribution in [0.15, 0.2) is 35.3 Å². The standard InChI is InChI=1S/C13H20N4/c1-13(2)8-9-17(10-13)12(16-14)15-11-6-4-3-5-7-11/h3-7H,8-10,14H2,1-2H3,(H,15,16). The second kappa shape index (κ2) is 4.75. The number of nitrogens with one attached hydrogen (secondary N) is 1. The van der Waals surface area contributed by atoms with E-state index >= 15 is 0 Å². The van der Waals surface area contributed by atoms with Gasteiger partial charge in [0.05, 0.1) is 5.69 Å². The number of nitrogens with zero attached hydrogens (tertiary/aromatic N) is 2. The van der Waals surface area contributed by atoms with Crippen molar-refractivity contribution in [2.24, 2.45) is 16.3 Å². The van der Waals surface area contributed by atoms with Crippen LogP contribution in [0, 0.1) is 5.41 Å². The van der Waals surface area contributed by atoms with E-state index in [1.54, 1.807) is 0 Å². The van der Waals surface area contributed by atoms with Crippen molar-refractivity contribution in [2.75, 3.05) is 13.1 Å². The Morgan fingerprint density at radius 1 is 1.35 bits per heavy atom. The monoisotopic (exact) mass is 232 g/mol. The topological polar surface area (TPSA) is 53.6 Å². The van der Waals surface area contributed by atoms with Gasteiger partial charge in [0.15, 0.2) is 0 Å². The van der Waals surface area contributed by atoms with Crippen LogP contribution in [0.4, 0.5) is 5.69 Å². The molecule has 0 amide bonds. The highest BCUT2D eigenvalue weighted by Gasteiger charge is 2.30. The number of likely N-dealkylation sites (tertiary alicyclic amines) is 1. The second-order valence-electron chi connectivity index (χ2n) is 5.25. The molecule has 1 aliphatic heterocycles. The Kier molecular flexibility index (Phi) is 3.33. The molecule has 1 fully saturated rings. The van der Waals surface area contributed by atoms with E-state index in [1.165, 1.54) is 6.42 Å². The van der Waals surface area contributed by atoms with Gasteiger partial charge in [0.1, 0.15) is 0 Å². The highest BCUT2D eigenvalue weighted by atomic mass is 15.4. The molecule has 1 saturated heterocycles. The molecule has 0 bridgehead atoms. The minimum atomic E-state index is 0.342. The third-order valence-corrected chi connectivity index (χ3v) is 3.10. The Labute approximate surface area is 102 Å². The molecule has 0 saturated carbocycles. The van der Waals surface area contributed by atoms with Gasteiger partial charge in [-0.2, -0.15) is 0 Å². The molecule has 1 aromatic rings. The van der Waals surface area contributed by atoms with Gasteiger partial charge in [-0.05, 0) is 24.0 Å². The maximum Gasteiger partial charge on any atom is 0.213 e. The lowest BCUT2D eigenvalue weighted by Crippen LogP contribution is -2.44. The van der Waals surface area contributed by atoms with Crippen molar-refractivity contribution in [3.05, 3.63) is 30.3 Å². The number of para-hydroxylation sites is 1. The molecule has 0 aliphatic carbocycles. The van der Waals surface area contributed by atoms with Crippen molar-refractivity contribution in [1.29, 1.82) is 0 Å². The van der Waals surface area contributed by atoms with Crippen molar-refractivity contribution in [3.8, 4) is 0 Å². The number of hydrogen-bond donors (Lipinski definition) is 2. The molecule has 92 valence electrons. The lowest BCUT2D eigenvalue weighted by molar-refractivity contribution is 0.371. The first kappa shape index (κ1) is 11.9. The number of nitrogens with two attached hydrogens (primary N) is 1. The van der Waals surface area contributed by atoms with Crippen LogP contribution in [0.5, 0.6) is 0 Å². The van der Waals surface area contributed by atoms with Gasteiger partial charge in [0.25, 0.3) is 0 Å². The van der Waals surface area contributed by atoms with E-state index in [4.69, 9.17) is 5.84 Å². The van der Waals surface area contributed by atoms with Gasteiger partial charge < -0.3 is 4.90 Å². The number of rotatable bonds is 1. The van der Waals surface area contributed by atoms with Crippen LogP contribution < -0.4 is 11.3 Å². The molecule has 0 radical (unpaired) electrons. The zero-order chi connectivity index (χ0) is 12.3. The summed E-state index contributed by atoms with van der Waals surface area (Å²) in [5.41, 5.74) is 3.97. The van der Waals surface area contributed by atoms with Crippen molar-refractivity contribution in [3.63, 3.8) is 0 Å². The molecule has 3 N–H and O–H groups in total. The summed E-state index contributed by atoms with van der Waals surface area (Å²) in [6.45, 7) is 6.53. The summed E-state index contributed by atoms with van der Waals surface area (Å²) in [7, 11) is 0. The minimum absolute atomic E-state index is 0.342. The molecule has 0 aromatic heterocycles. The molecule has 1 heterocycles. The zero-order valence-corrected chi connectivity index (χ0v) is 10.5. The van der Waals surface area contributed by atoms with Crippen molar-refractivity contribution in [2.45, 2.75) is 20.3 Å². The summed E-state index contributed by atoms with van der Waals surface area (Å²) < 4.78 is 0. The van der Waals surface area contributed by atoms with Crippen molar-refractivity contribution < 1.29 is 0 Å². The van der Waals surface area contributed by atoms with Gasteiger partial charge in [-0.25, -0.2) is 10.8 Å². The van der Waals surface area contributed by atoms with Crippen LogP contribution in [0.25, 0.3) is 0 Å². The van der Waals surface area contributed by atoms with Crippen molar-refractivity contribution in [1.82, 2.24) is 10.3 Å². The van der Waals surface area contributed by atoms with Gasteiger partial charge in [0, 0.05) is 13.1 Å². The van der Waals surface area contributed by atoms with Crippen LogP contribution in [0.2, 0.25) is 0 Å². The molecular formula is C13H20N4. The SMILES string of the molecule is CC1(C)CCN(C(=Nc2ccccc2)NN)C1. The molecule has 4 nitrogen and oxygen atoms in total. The predicted octanol–water partition coefficient (Wildman–Crippen LogP) is 1.87. The van der Waals surface area contributed by atoms with Crippen LogP contribution in [-0.4, -0.2) is 23.9 Å². The largest absolute Gasteiger partial charge is 0.341 e. The zero-order valence-electron chi connectivity index (χ0n) is 10.5. The first-order valence-corrected chi connectivity index (χ1v) is 5.96. The van der Waals surface area contributed by atoms with Gasteiger partial charge in [-0.3, -0.25) is 5.43 Å². The molecule has 17 heavy (non-hydrogen) atoms. The van der Waals surface area contributed by atoms with Crippen molar-refractivity contribution >= 4 is 11.6 Å². The van der Waals surface area contributed by atoms with Crippen LogP contribution in [0.3, 0.4) is 0 Å². The predicted molar refractivity (Wildman–Crippen MR) is 70.8 cm³/mol. The normalized spacial score (nSPS) is 19.5. The summed E-state index contributed by atoms with van der Waals surface area (Å²) in [6, 6.07) is 9.87. The lowest BCUT2D eigenvalue weighted by atomic mass is 9.93. The van der Waals surface area contributed by atoms with Crippen LogP contribution >= 0.6 is 0 Å². The van der Waals surface area contributed by atoms with E-state index in [-0.39, 0.29) is 0 Å². The van der Waals surface area contributed by atoms with E-state index in [9.17, 15) is 0 Å².